The molecule has 0 spiro atoms. The zero-order chi connectivity index (χ0) is 9.84. The van der Waals surface area contributed by atoms with Gasteiger partial charge >= 0.3 is 5.97 Å². The number of rotatable bonds is 2. The van der Waals surface area contributed by atoms with Gasteiger partial charge in [0.05, 0.1) is 13.3 Å². The summed E-state index contributed by atoms with van der Waals surface area (Å²) < 4.78 is 4.46. The number of ether oxygens (including phenoxy) is 1. The first-order valence-electron chi connectivity index (χ1n) is 3.34. The maximum Gasteiger partial charge on any atom is 0.359 e. The summed E-state index contributed by atoms with van der Waals surface area (Å²) in [7, 11) is 1.27. The number of nitrogens with zero attached hydrogens (tertiary/aromatic N) is 2. The summed E-state index contributed by atoms with van der Waals surface area (Å²) >= 11 is 7.09. The summed E-state index contributed by atoms with van der Waals surface area (Å²) in [5, 5.41) is 0.733. The number of hydrogen-bond acceptors (Lipinski definition) is 5. The van der Waals surface area contributed by atoms with Crippen LogP contribution in [0, 0.1) is 0 Å². The monoisotopic (exact) mass is 218 g/mol. The third-order valence-corrected chi connectivity index (χ3v) is 2.17. The van der Waals surface area contributed by atoms with Gasteiger partial charge < -0.3 is 4.74 Å². The minimum Gasteiger partial charge on any atom is -0.464 e. The maximum atomic E-state index is 11.0. The van der Waals surface area contributed by atoms with Crippen molar-refractivity contribution in [3.8, 4) is 0 Å². The predicted molar refractivity (Wildman–Crippen MR) is 50.2 cm³/mol. The molecule has 0 unspecified atom stereocenters. The summed E-state index contributed by atoms with van der Waals surface area (Å²) in [5.74, 6) is -0.579. The van der Waals surface area contributed by atoms with E-state index in [0.717, 1.165) is 0 Å². The van der Waals surface area contributed by atoms with Gasteiger partial charge in [0.25, 0.3) is 0 Å². The van der Waals surface area contributed by atoms with Crippen molar-refractivity contribution in [2.45, 2.75) is 5.03 Å². The van der Waals surface area contributed by atoms with Gasteiger partial charge in [-0.3, -0.25) is 0 Å². The average Bonchev–Trinajstić information content (AvgIpc) is 2.16. The van der Waals surface area contributed by atoms with Gasteiger partial charge in [-0.05, 0) is 6.26 Å². The van der Waals surface area contributed by atoms with Crippen molar-refractivity contribution in [3.63, 3.8) is 0 Å². The van der Waals surface area contributed by atoms with Crippen LogP contribution < -0.4 is 0 Å². The lowest BCUT2D eigenvalue weighted by Gasteiger charge is -2.01. The highest BCUT2D eigenvalue weighted by atomic mass is 35.5. The minimum absolute atomic E-state index is 0.0435. The molecule has 13 heavy (non-hydrogen) atoms. The van der Waals surface area contributed by atoms with Crippen molar-refractivity contribution >= 4 is 29.3 Å². The van der Waals surface area contributed by atoms with Crippen molar-refractivity contribution in [2.24, 2.45) is 0 Å². The highest BCUT2D eigenvalue weighted by molar-refractivity contribution is 7.98. The summed E-state index contributed by atoms with van der Waals surface area (Å²) in [6.07, 6.45) is 3.32. The molecule has 0 aliphatic heterocycles. The summed E-state index contributed by atoms with van der Waals surface area (Å²) in [6.45, 7) is 0. The lowest BCUT2D eigenvalue weighted by atomic mass is 10.4. The molecule has 0 aliphatic rings. The third kappa shape index (κ3) is 2.32. The fraction of sp³-hybridized carbons (Fsp3) is 0.286. The number of esters is 1. The number of carbonyl (C=O) groups excluding carboxylic acids is 1. The Balaban J connectivity index is 3.05. The van der Waals surface area contributed by atoms with E-state index in [2.05, 4.69) is 14.7 Å². The van der Waals surface area contributed by atoms with Crippen LogP contribution in [-0.2, 0) is 4.74 Å². The number of thioether (sulfide) groups is 1. The number of aromatic nitrogens is 2. The minimum atomic E-state index is -0.579. The number of methoxy groups -OCH3 is 1. The van der Waals surface area contributed by atoms with Crippen molar-refractivity contribution in [1.29, 1.82) is 0 Å². The smallest absolute Gasteiger partial charge is 0.359 e. The first-order valence-corrected chi connectivity index (χ1v) is 4.94. The third-order valence-electron chi connectivity index (χ3n) is 1.30. The van der Waals surface area contributed by atoms with E-state index < -0.39 is 5.97 Å². The summed E-state index contributed by atoms with van der Waals surface area (Å²) in [4.78, 5) is 18.8. The van der Waals surface area contributed by atoms with Crippen molar-refractivity contribution < 1.29 is 9.53 Å². The van der Waals surface area contributed by atoms with E-state index in [1.165, 1.54) is 25.1 Å². The van der Waals surface area contributed by atoms with E-state index in [-0.39, 0.29) is 10.8 Å². The van der Waals surface area contributed by atoms with Crippen molar-refractivity contribution in [1.82, 2.24) is 9.97 Å². The van der Waals surface area contributed by atoms with Gasteiger partial charge in [0.15, 0.2) is 10.8 Å². The molecule has 0 aromatic carbocycles. The normalized spacial score (nSPS) is 9.77. The molecular formula is C7H7ClN2O2S. The van der Waals surface area contributed by atoms with Gasteiger partial charge in [0.1, 0.15) is 5.03 Å². The molecule has 0 bridgehead atoms. The second-order valence-corrected chi connectivity index (χ2v) is 3.23. The fourth-order valence-electron chi connectivity index (χ4n) is 0.684. The van der Waals surface area contributed by atoms with Crippen LogP contribution in [0.15, 0.2) is 11.2 Å². The molecule has 1 aromatic heterocycles. The van der Waals surface area contributed by atoms with E-state index in [1.807, 2.05) is 6.26 Å². The molecule has 1 aromatic rings. The highest BCUT2D eigenvalue weighted by Crippen LogP contribution is 2.16. The van der Waals surface area contributed by atoms with Gasteiger partial charge in [0, 0.05) is 0 Å². The van der Waals surface area contributed by atoms with Crippen LogP contribution in [0.4, 0.5) is 0 Å². The van der Waals surface area contributed by atoms with Crippen molar-refractivity contribution in [3.05, 3.63) is 17.0 Å². The van der Waals surface area contributed by atoms with Gasteiger partial charge in [-0.2, -0.15) is 0 Å². The molecule has 0 aliphatic carbocycles. The molecular weight excluding hydrogens is 212 g/mol. The van der Waals surface area contributed by atoms with Gasteiger partial charge in [-0.25, -0.2) is 14.8 Å². The Morgan fingerprint density at radius 1 is 1.69 bits per heavy atom. The topological polar surface area (TPSA) is 52.1 Å². The standard InChI is InChI=1S/C7H7ClN2O2S/c1-12-7(11)5-6(8)10-4(13-2)3-9-5/h3H,1-2H3. The fourth-order valence-corrected chi connectivity index (χ4v) is 1.29. The van der Waals surface area contributed by atoms with E-state index in [9.17, 15) is 4.79 Å². The van der Waals surface area contributed by atoms with E-state index in [0.29, 0.717) is 5.03 Å². The maximum absolute atomic E-state index is 11.0. The molecule has 0 radical (unpaired) electrons. The average molecular weight is 219 g/mol. The zero-order valence-electron chi connectivity index (χ0n) is 7.07. The molecule has 4 nitrogen and oxygen atoms in total. The first-order chi connectivity index (χ1) is 6.19. The summed E-state index contributed by atoms with van der Waals surface area (Å²) in [6, 6.07) is 0. The Morgan fingerprint density at radius 3 is 2.85 bits per heavy atom. The molecule has 0 saturated carbocycles. The van der Waals surface area contributed by atoms with Gasteiger partial charge in [-0.1, -0.05) is 11.6 Å². The Hall–Kier alpha value is -0.810. The molecule has 1 rings (SSSR count). The number of halogens is 1. The first kappa shape index (κ1) is 10.3. The van der Waals surface area contributed by atoms with Crippen LogP contribution in [0.1, 0.15) is 10.5 Å². The van der Waals surface area contributed by atoms with Crippen LogP contribution in [0.5, 0.6) is 0 Å². The number of carbonyl (C=O) groups is 1. The van der Waals surface area contributed by atoms with Crippen LogP contribution in [0.2, 0.25) is 5.15 Å². The quantitative estimate of drug-likeness (QED) is 0.558. The van der Waals surface area contributed by atoms with Crippen molar-refractivity contribution in [2.75, 3.05) is 13.4 Å². The van der Waals surface area contributed by atoms with Crippen LogP contribution in [0.25, 0.3) is 0 Å². The van der Waals surface area contributed by atoms with E-state index in [4.69, 9.17) is 11.6 Å². The van der Waals surface area contributed by atoms with Crippen LogP contribution in [-0.4, -0.2) is 29.3 Å². The van der Waals surface area contributed by atoms with Crippen LogP contribution in [0.3, 0.4) is 0 Å². The zero-order valence-corrected chi connectivity index (χ0v) is 8.65. The second kappa shape index (κ2) is 4.43. The molecule has 6 heteroatoms. The summed E-state index contributed by atoms with van der Waals surface area (Å²) in [5.41, 5.74) is 0.0435. The molecule has 0 saturated heterocycles. The molecule has 1 heterocycles. The van der Waals surface area contributed by atoms with E-state index >= 15 is 0 Å². The van der Waals surface area contributed by atoms with E-state index in [1.54, 1.807) is 0 Å². The molecule has 70 valence electrons. The Kier molecular flexibility index (Phi) is 3.50. The second-order valence-electron chi connectivity index (χ2n) is 2.04. The number of hydrogen-bond donors (Lipinski definition) is 0. The Bertz CT molecular complexity index is 332. The Morgan fingerprint density at radius 2 is 2.38 bits per heavy atom. The lowest BCUT2D eigenvalue weighted by Crippen LogP contribution is -2.06. The molecule has 0 atom stereocenters. The van der Waals surface area contributed by atoms with Gasteiger partial charge in [0.2, 0.25) is 0 Å². The molecule has 0 fully saturated rings. The molecule has 0 amide bonds. The molecule has 0 N–H and O–H groups in total. The predicted octanol–water partition coefficient (Wildman–Crippen LogP) is 1.64. The SMILES string of the molecule is COC(=O)c1ncc(SC)nc1Cl. The van der Waals surface area contributed by atoms with Gasteiger partial charge in [-0.15, -0.1) is 11.8 Å². The lowest BCUT2D eigenvalue weighted by molar-refractivity contribution is 0.0593. The Labute approximate surface area is 84.7 Å². The van der Waals surface area contributed by atoms with Crippen LogP contribution >= 0.6 is 23.4 Å². The largest absolute Gasteiger partial charge is 0.464 e. The highest BCUT2D eigenvalue weighted by Gasteiger charge is 2.13.